The van der Waals surface area contributed by atoms with Crippen molar-refractivity contribution in [1.29, 1.82) is 0 Å². The highest BCUT2D eigenvalue weighted by molar-refractivity contribution is 7.99. The number of hydrogen-bond donors (Lipinski definition) is 2. The van der Waals surface area contributed by atoms with Crippen molar-refractivity contribution in [3.63, 3.8) is 0 Å². The maximum absolute atomic E-state index is 12.9. The first-order valence-corrected chi connectivity index (χ1v) is 10.7. The average molecular weight is 440 g/mol. The second-order valence-electron chi connectivity index (χ2n) is 6.92. The van der Waals surface area contributed by atoms with Crippen molar-refractivity contribution in [2.45, 2.75) is 11.1 Å². The van der Waals surface area contributed by atoms with Gasteiger partial charge in [0.25, 0.3) is 5.91 Å². The van der Waals surface area contributed by atoms with E-state index in [1.807, 2.05) is 54.6 Å². The zero-order valence-electron chi connectivity index (χ0n) is 16.4. The second kappa shape index (κ2) is 8.89. The molecule has 2 N–H and O–H groups in total. The van der Waals surface area contributed by atoms with Gasteiger partial charge in [-0.1, -0.05) is 54.6 Å². The van der Waals surface area contributed by atoms with Crippen molar-refractivity contribution >= 4 is 28.6 Å². The van der Waals surface area contributed by atoms with E-state index in [1.165, 1.54) is 12.1 Å². The highest BCUT2D eigenvalue weighted by atomic mass is 32.2. The van der Waals surface area contributed by atoms with Gasteiger partial charge in [-0.25, -0.2) is 0 Å². The van der Waals surface area contributed by atoms with E-state index in [0.717, 1.165) is 39.2 Å². The van der Waals surface area contributed by atoms with Crippen molar-refractivity contribution in [1.82, 2.24) is 10.3 Å². The molecule has 0 spiro atoms. The monoisotopic (exact) mass is 440 g/mol. The number of carbonyl (C=O) groups is 1. The Morgan fingerprint density at radius 2 is 1.68 bits per heavy atom. The number of hydrogen-bond acceptors (Lipinski definition) is 2. The molecule has 0 radical (unpaired) electrons. The number of alkyl halides is 3. The standard InChI is InChI=1S/C24H19F3N2OS/c25-24(26,27)18-10-6-9-17(15-18)23(30)28-13-14-31-22-19-11-4-5-12-20(19)29-21(22)16-7-2-1-3-8-16/h1-12,15,29H,13-14H2,(H,28,30). The van der Waals surface area contributed by atoms with Crippen LogP contribution in [-0.2, 0) is 6.18 Å². The second-order valence-corrected chi connectivity index (χ2v) is 8.03. The van der Waals surface area contributed by atoms with Crippen molar-refractivity contribution in [2.24, 2.45) is 0 Å². The fourth-order valence-corrected chi connectivity index (χ4v) is 4.39. The van der Waals surface area contributed by atoms with Gasteiger partial charge in [0, 0.05) is 33.7 Å². The number of H-pyrrole nitrogens is 1. The van der Waals surface area contributed by atoms with Crippen LogP contribution in [0.15, 0.2) is 83.8 Å². The van der Waals surface area contributed by atoms with Crippen LogP contribution in [0.2, 0.25) is 0 Å². The summed E-state index contributed by atoms with van der Waals surface area (Å²) < 4.78 is 38.6. The van der Waals surface area contributed by atoms with Gasteiger partial charge in [0.15, 0.2) is 0 Å². The lowest BCUT2D eigenvalue weighted by Gasteiger charge is -2.10. The summed E-state index contributed by atoms with van der Waals surface area (Å²) >= 11 is 1.60. The van der Waals surface area contributed by atoms with Gasteiger partial charge >= 0.3 is 6.18 Å². The van der Waals surface area contributed by atoms with Crippen LogP contribution in [0.3, 0.4) is 0 Å². The molecule has 3 aromatic carbocycles. The topological polar surface area (TPSA) is 44.9 Å². The molecule has 7 heteroatoms. The summed E-state index contributed by atoms with van der Waals surface area (Å²) in [4.78, 5) is 16.8. The number of rotatable bonds is 6. The molecule has 0 saturated heterocycles. The van der Waals surface area contributed by atoms with Crippen molar-refractivity contribution in [3.8, 4) is 11.3 Å². The Bertz CT molecular complexity index is 1200. The Morgan fingerprint density at radius 1 is 0.935 bits per heavy atom. The fourth-order valence-electron chi connectivity index (χ4n) is 3.33. The number of halogens is 3. The van der Waals surface area contributed by atoms with Crippen LogP contribution in [-0.4, -0.2) is 23.2 Å². The van der Waals surface area contributed by atoms with Crippen LogP contribution < -0.4 is 5.32 Å². The van der Waals surface area contributed by atoms with E-state index in [9.17, 15) is 18.0 Å². The third-order valence-corrected chi connectivity index (χ3v) is 5.93. The van der Waals surface area contributed by atoms with E-state index < -0.39 is 17.6 Å². The zero-order chi connectivity index (χ0) is 21.8. The van der Waals surface area contributed by atoms with Crippen molar-refractivity contribution in [2.75, 3.05) is 12.3 Å². The summed E-state index contributed by atoms with van der Waals surface area (Å²) in [6, 6.07) is 22.4. The molecule has 158 valence electrons. The highest BCUT2D eigenvalue weighted by Crippen LogP contribution is 2.37. The van der Waals surface area contributed by atoms with Gasteiger partial charge in [-0.05, 0) is 29.8 Å². The van der Waals surface area contributed by atoms with Crippen LogP contribution in [0.1, 0.15) is 15.9 Å². The quantitative estimate of drug-likeness (QED) is 0.270. The first-order chi connectivity index (χ1) is 14.9. The van der Waals surface area contributed by atoms with Gasteiger partial charge in [-0.3, -0.25) is 4.79 Å². The lowest BCUT2D eigenvalue weighted by atomic mass is 10.1. The molecule has 0 aliphatic heterocycles. The van der Waals surface area contributed by atoms with Crippen molar-refractivity contribution < 1.29 is 18.0 Å². The third kappa shape index (κ3) is 4.77. The molecule has 1 amide bonds. The number of fused-ring (bicyclic) bond motifs is 1. The van der Waals surface area contributed by atoms with Crippen LogP contribution in [0.4, 0.5) is 13.2 Å². The molecule has 0 unspecified atom stereocenters. The van der Waals surface area contributed by atoms with Gasteiger partial charge < -0.3 is 10.3 Å². The number of aromatic amines is 1. The Hall–Kier alpha value is -3.19. The summed E-state index contributed by atoms with van der Waals surface area (Å²) in [5, 5.41) is 3.80. The molecule has 1 heterocycles. The molecule has 31 heavy (non-hydrogen) atoms. The first-order valence-electron chi connectivity index (χ1n) is 9.68. The number of para-hydroxylation sites is 1. The summed E-state index contributed by atoms with van der Waals surface area (Å²) in [5.41, 5.74) is 2.26. The van der Waals surface area contributed by atoms with Crippen LogP contribution >= 0.6 is 11.8 Å². The van der Waals surface area contributed by atoms with E-state index in [1.54, 1.807) is 11.8 Å². The van der Waals surface area contributed by atoms with Gasteiger partial charge in [-0.15, -0.1) is 11.8 Å². The Kier molecular flexibility index (Phi) is 6.04. The molecule has 0 aliphatic carbocycles. The van der Waals surface area contributed by atoms with Gasteiger partial charge in [0.1, 0.15) is 0 Å². The number of amides is 1. The molecular weight excluding hydrogens is 421 g/mol. The minimum atomic E-state index is -4.48. The summed E-state index contributed by atoms with van der Waals surface area (Å²) in [7, 11) is 0. The van der Waals surface area contributed by atoms with Crippen LogP contribution in [0.25, 0.3) is 22.2 Å². The van der Waals surface area contributed by atoms with Gasteiger partial charge in [0.2, 0.25) is 0 Å². The lowest BCUT2D eigenvalue weighted by molar-refractivity contribution is -0.137. The van der Waals surface area contributed by atoms with Crippen LogP contribution in [0.5, 0.6) is 0 Å². The predicted molar refractivity (Wildman–Crippen MR) is 118 cm³/mol. The van der Waals surface area contributed by atoms with E-state index in [2.05, 4.69) is 10.3 Å². The normalized spacial score (nSPS) is 11.6. The van der Waals surface area contributed by atoms with Crippen molar-refractivity contribution in [3.05, 3.63) is 90.0 Å². The molecule has 3 nitrogen and oxygen atoms in total. The molecular formula is C24H19F3N2OS. The Morgan fingerprint density at radius 3 is 2.45 bits per heavy atom. The zero-order valence-corrected chi connectivity index (χ0v) is 17.2. The molecule has 0 aliphatic rings. The number of thioether (sulfide) groups is 1. The molecule has 1 aromatic heterocycles. The first kappa shape index (κ1) is 21.1. The largest absolute Gasteiger partial charge is 0.416 e. The lowest BCUT2D eigenvalue weighted by Crippen LogP contribution is -2.26. The summed E-state index contributed by atoms with van der Waals surface area (Å²) in [5.74, 6) is 0.0562. The Labute approximate surface area is 181 Å². The number of carbonyl (C=O) groups excluding carboxylic acids is 1. The maximum Gasteiger partial charge on any atom is 0.416 e. The number of benzene rings is 3. The maximum atomic E-state index is 12.9. The summed E-state index contributed by atoms with van der Waals surface area (Å²) in [6.07, 6.45) is -4.48. The van der Waals surface area contributed by atoms with E-state index in [0.29, 0.717) is 12.3 Å². The van der Waals surface area contributed by atoms with E-state index >= 15 is 0 Å². The predicted octanol–water partition coefficient (Wildman–Crippen LogP) is 6.38. The fraction of sp³-hybridized carbons (Fsp3) is 0.125. The number of nitrogens with one attached hydrogen (secondary N) is 2. The van der Waals surface area contributed by atoms with E-state index in [4.69, 9.17) is 0 Å². The Balaban J connectivity index is 1.45. The molecule has 4 rings (SSSR count). The number of aromatic nitrogens is 1. The van der Waals surface area contributed by atoms with E-state index in [-0.39, 0.29) is 5.56 Å². The minimum Gasteiger partial charge on any atom is -0.354 e. The third-order valence-electron chi connectivity index (χ3n) is 4.81. The molecule has 4 aromatic rings. The van der Waals surface area contributed by atoms with Gasteiger partial charge in [0.05, 0.1) is 11.3 Å². The highest BCUT2D eigenvalue weighted by Gasteiger charge is 2.30. The average Bonchev–Trinajstić information content (AvgIpc) is 3.15. The smallest absolute Gasteiger partial charge is 0.354 e. The molecule has 0 saturated carbocycles. The van der Waals surface area contributed by atoms with Crippen LogP contribution in [0, 0.1) is 0 Å². The minimum absolute atomic E-state index is 0.00288. The van der Waals surface area contributed by atoms with Gasteiger partial charge in [-0.2, -0.15) is 13.2 Å². The molecule has 0 atom stereocenters. The SMILES string of the molecule is O=C(NCCSc1c(-c2ccccc2)[nH]c2ccccc12)c1cccc(C(F)(F)F)c1. The summed E-state index contributed by atoms with van der Waals surface area (Å²) in [6.45, 7) is 0.327. The molecule has 0 bridgehead atoms. The molecule has 0 fully saturated rings.